The summed E-state index contributed by atoms with van der Waals surface area (Å²) in [6.45, 7) is 10.1. The second-order valence-electron chi connectivity index (χ2n) is 8.28. The van der Waals surface area contributed by atoms with Crippen LogP contribution in [0.25, 0.3) is 0 Å². The molecule has 3 rings (SSSR count). The molecule has 38 heavy (non-hydrogen) atoms. The van der Waals surface area contributed by atoms with E-state index in [2.05, 4.69) is 22.1 Å². The maximum Gasteiger partial charge on any atom is 0.339 e. The van der Waals surface area contributed by atoms with Crippen LogP contribution < -0.4 is 10.1 Å². The maximum absolute atomic E-state index is 12.8. The fourth-order valence-corrected chi connectivity index (χ4v) is 4.35. The lowest BCUT2D eigenvalue weighted by Crippen LogP contribution is -2.18. The van der Waals surface area contributed by atoms with Gasteiger partial charge in [0.25, 0.3) is 0 Å². The van der Waals surface area contributed by atoms with Gasteiger partial charge in [0.15, 0.2) is 17.1 Å². The summed E-state index contributed by atoms with van der Waals surface area (Å²) in [5, 5.41) is 11.7. The quantitative estimate of drug-likeness (QED) is 0.213. The molecular weight excluding hydrogens is 508 g/mol. The van der Waals surface area contributed by atoms with Crippen molar-refractivity contribution >= 4 is 35.3 Å². The summed E-state index contributed by atoms with van der Waals surface area (Å²) in [7, 11) is 2.47. The van der Waals surface area contributed by atoms with Gasteiger partial charge in [-0.25, -0.2) is 9.59 Å². The molecule has 1 unspecified atom stereocenters. The normalized spacial score (nSPS) is 11.4. The Balaban J connectivity index is 1.76. The van der Waals surface area contributed by atoms with Gasteiger partial charge in [-0.1, -0.05) is 30.0 Å². The lowest BCUT2D eigenvalue weighted by Gasteiger charge is -2.18. The number of hydrogen-bond acceptors (Lipinski definition) is 9. The summed E-state index contributed by atoms with van der Waals surface area (Å²) >= 11 is 1.17. The number of esters is 2. The highest BCUT2D eigenvalue weighted by molar-refractivity contribution is 7.99. The van der Waals surface area contributed by atoms with E-state index in [1.807, 2.05) is 43.5 Å². The van der Waals surface area contributed by atoms with Crippen molar-refractivity contribution in [3.05, 3.63) is 77.1 Å². The Kier molecular flexibility index (Phi) is 9.66. The van der Waals surface area contributed by atoms with E-state index in [-0.39, 0.29) is 22.6 Å². The molecule has 10 nitrogen and oxygen atoms in total. The Bertz CT molecular complexity index is 1350. The van der Waals surface area contributed by atoms with Crippen LogP contribution in [0.5, 0.6) is 5.75 Å². The Morgan fingerprint density at radius 3 is 2.53 bits per heavy atom. The van der Waals surface area contributed by atoms with Gasteiger partial charge in [0.05, 0.1) is 36.8 Å². The number of anilines is 1. The molecule has 0 spiro atoms. The fraction of sp³-hybridized carbons (Fsp3) is 0.296. The largest absolute Gasteiger partial charge is 0.482 e. The minimum Gasteiger partial charge on any atom is -0.482 e. The maximum atomic E-state index is 12.8. The lowest BCUT2D eigenvalue weighted by atomic mass is 10.1. The predicted octanol–water partition coefficient (Wildman–Crippen LogP) is 4.52. The summed E-state index contributed by atoms with van der Waals surface area (Å²) in [5.41, 5.74) is 2.58. The van der Waals surface area contributed by atoms with Crippen molar-refractivity contribution < 1.29 is 28.6 Å². The molecule has 1 amide bonds. The van der Waals surface area contributed by atoms with E-state index < -0.39 is 23.9 Å². The van der Waals surface area contributed by atoms with Crippen LogP contribution >= 0.6 is 11.8 Å². The minimum atomic E-state index is -0.655. The predicted molar refractivity (Wildman–Crippen MR) is 144 cm³/mol. The van der Waals surface area contributed by atoms with Gasteiger partial charge >= 0.3 is 11.9 Å². The number of ether oxygens (including phenoxy) is 3. The van der Waals surface area contributed by atoms with E-state index >= 15 is 0 Å². The number of aromatic nitrogens is 3. The van der Waals surface area contributed by atoms with Crippen molar-refractivity contribution in [2.75, 3.05) is 25.3 Å². The van der Waals surface area contributed by atoms with Crippen LogP contribution in [-0.2, 0) is 20.8 Å². The van der Waals surface area contributed by atoms with Gasteiger partial charge in [-0.05, 0) is 56.2 Å². The number of aryl methyl sites for hydroxylation is 1. The van der Waals surface area contributed by atoms with Crippen molar-refractivity contribution in [3.8, 4) is 5.75 Å². The highest BCUT2D eigenvalue weighted by Crippen LogP contribution is 2.28. The number of methoxy groups -OCH3 is 2. The van der Waals surface area contributed by atoms with Crippen molar-refractivity contribution in [2.45, 2.75) is 38.6 Å². The van der Waals surface area contributed by atoms with Gasteiger partial charge in [0.1, 0.15) is 5.75 Å². The van der Waals surface area contributed by atoms with Gasteiger partial charge in [0, 0.05) is 6.54 Å². The van der Waals surface area contributed by atoms with E-state index in [1.165, 1.54) is 44.2 Å². The molecule has 3 aromatic rings. The molecule has 2 aromatic carbocycles. The minimum absolute atomic E-state index is 0.0371. The number of thioether (sulfide) groups is 1. The number of allylic oxidation sites excluding steroid dienone is 1. The standard InChI is InChI=1S/C27H30N4O6S/c1-7-13-31-24(18(4)37-22-10-8-9-16(2)17(22)3)29-30-27(31)38-15-23(32)28-21-14-19(25(33)35-5)11-12-20(21)26(34)36-6/h7-12,14,18H,1,13,15H2,2-6H3,(H,28,32). The molecule has 1 atom stereocenters. The molecule has 0 saturated heterocycles. The average molecular weight is 539 g/mol. The summed E-state index contributed by atoms with van der Waals surface area (Å²) < 4.78 is 17.5. The monoisotopic (exact) mass is 538 g/mol. The smallest absolute Gasteiger partial charge is 0.339 e. The number of nitrogens with one attached hydrogen (secondary N) is 1. The molecule has 0 aliphatic heterocycles. The van der Waals surface area contributed by atoms with Crippen LogP contribution in [0.4, 0.5) is 5.69 Å². The van der Waals surface area contributed by atoms with E-state index in [0.29, 0.717) is 17.5 Å². The molecular formula is C27H30N4O6S. The topological polar surface area (TPSA) is 122 Å². The third-order valence-corrected chi connectivity index (χ3v) is 6.70. The van der Waals surface area contributed by atoms with Crippen LogP contribution in [0, 0.1) is 13.8 Å². The van der Waals surface area contributed by atoms with Crippen molar-refractivity contribution in [3.63, 3.8) is 0 Å². The Labute approximate surface area is 225 Å². The molecule has 200 valence electrons. The Morgan fingerprint density at radius 2 is 1.84 bits per heavy atom. The van der Waals surface area contributed by atoms with Gasteiger partial charge in [-0.3, -0.25) is 9.36 Å². The van der Waals surface area contributed by atoms with Crippen LogP contribution in [0.3, 0.4) is 0 Å². The zero-order chi connectivity index (χ0) is 27.8. The molecule has 11 heteroatoms. The number of carbonyl (C=O) groups is 3. The molecule has 0 saturated carbocycles. The molecule has 0 radical (unpaired) electrons. The molecule has 0 bridgehead atoms. The second-order valence-corrected chi connectivity index (χ2v) is 9.22. The summed E-state index contributed by atoms with van der Waals surface area (Å²) in [4.78, 5) is 36.9. The summed E-state index contributed by atoms with van der Waals surface area (Å²) in [6, 6.07) is 10.0. The lowest BCUT2D eigenvalue weighted by molar-refractivity contribution is -0.113. The van der Waals surface area contributed by atoms with Gasteiger partial charge < -0.3 is 19.5 Å². The molecule has 0 aliphatic rings. The zero-order valence-corrected chi connectivity index (χ0v) is 22.8. The fourth-order valence-electron chi connectivity index (χ4n) is 3.60. The zero-order valence-electron chi connectivity index (χ0n) is 21.9. The van der Waals surface area contributed by atoms with Gasteiger partial charge in [-0.15, -0.1) is 16.8 Å². The molecule has 0 aliphatic carbocycles. The van der Waals surface area contributed by atoms with Crippen molar-refractivity contribution in [1.29, 1.82) is 0 Å². The first-order valence-electron chi connectivity index (χ1n) is 11.7. The van der Waals surface area contributed by atoms with E-state index in [4.69, 9.17) is 14.2 Å². The van der Waals surface area contributed by atoms with E-state index in [1.54, 1.807) is 6.08 Å². The van der Waals surface area contributed by atoms with E-state index in [0.717, 1.165) is 16.9 Å². The first-order chi connectivity index (χ1) is 18.2. The summed E-state index contributed by atoms with van der Waals surface area (Å²) in [5.74, 6) is -0.366. The third-order valence-electron chi connectivity index (χ3n) is 5.73. The Morgan fingerprint density at radius 1 is 1.11 bits per heavy atom. The molecule has 1 aromatic heterocycles. The van der Waals surface area contributed by atoms with E-state index in [9.17, 15) is 14.4 Å². The second kappa shape index (κ2) is 12.9. The SMILES string of the molecule is C=CCn1c(SCC(=O)Nc2cc(C(=O)OC)ccc2C(=O)OC)nnc1C(C)Oc1cccc(C)c1C. The highest BCUT2D eigenvalue weighted by atomic mass is 32.2. The number of benzene rings is 2. The first kappa shape index (κ1) is 28.5. The van der Waals surface area contributed by atoms with Crippen LogP contribution in [0.2, 0.25) is 0 Å². The number of nitrogens with zero attached hydrogens (tertiary/aromatic N) is 3. The number of carbonyl (C=O) groups excluding carboxylic acids is 3. The van der Waals surface area contributed by atoms with Crippen LogP contribution in [-0.4, -0.2) is 52.6 Å². The van der Waals surface area contributed by atoms with Crippen LogP contribution in [0.1, 0.15) is 50.7 Å². The third kappa shape index (κ3) is 6.60. The van der Waals surface area contributed by atoms with Crippen LogP contribution in [0.15, 0.2) is 54.2 Å². The number of rotatable bonds is 11. The number of amides is 1. The molecule has 1 heterocycles. The molecule has 0 fully saturated rings. The average Bonchev–Trinajstić information content (AvgIpc) is 3.31. The van der Waals surface area contributed by atoms with Crippen molar-refractivity contribution in [2.24, 2.45) is 0 Å². The number of hydrogen-bond donors (Lipinski definition) is 1. The first-order valence-corrected chi connectivity index (χ1v) is 12.7. The van der Waals surface area contributed by atoms with Gasteiger partial charge in [-0.2, -0.15) is 0 Å². The molecule has 1 N–H and O–H groups in total. The summed E-state index contributed by atoms with van der Waals surface area (Å²) in [6.07, 6.45) is 1.30. The highest BCUT2D eigenvalue weighted by Gasteiger charge is 2.22. The van der Waals surface area contributed by atoms with Crippen molar-refractivity contribution in [1.82, 2.24) is 14.8 Å². The Hall–Kier alpha value is -4.12. The van der Waals surface area contributed by atoms with Gasteiger partial charge in [0.2, 0.25) is 5.91 Å².